The highest BCUT2D eigenvalue weighted by molar-refractivity contribution is 6.08. The summed E-state index contributed by atoms with van der Waals surface area (Å²) in [7, 11) is 0. The van der Waals surface area contributed by atoms with Crippen LogP contribution in [0.1, 0.15) is 34.2 Å². The summed E-state index contributed by atoms with van der Waals surface area (Å²) in [6.45, 7) is 6.24. The lowest BCUT2D eigenvalue weighted by atomic mass is 10.1. The molecule has 7 heteroatoms. The number of nitro groups is 1. The van der Waals surface area contributed by atoms with Gasteiger partial charge in [0.25, 0.3) is 0 Å². The molecule has 0 radical (unpaired) electrons. The number of carbonyl (C=O) groups is 1. The third kappa shape index (κ3) is 3.28. The van der Waals surface area contributed by atoms with Crippen molar-refractivity contribution < 1.29 is 14.8 Å². The molecule has 2 aromatic rings. The molecule has 0 saturated carbocycles. The summed E-state index contributed by atoms with van der Waals surface area (Å²) >= 11 is 0. The highest BCUT2D eigenvalue weighted by Crippen LogP contribution is 2.26. The third-order valence-corrected chi connectivity index (χ3v) is 3.55. The van der Waals surface area contributed by atoms with Gasteiger partial charge in [0.15, 0.2) is 11.5 Å². The zero-order chi connectivity index (χ0) is 17.1. The SMILES string of the molecule is CCn1nc(C)c(C(=O)C=Cc2ccc([N+](=O)[O-])c(O)c2)c1C. The van der Waals surface area contributed by atoms with E-state index >= 15 is 0 Å². The lowest BCUT2D eigenvalue weighted by Crippen LogP contribution is -2.01. The minimum absolute atomic E-state index is 0.197. The summed E-state index contributed by atoms with van der Waals surface area (Å²) < 4.78 is 1.76. The smallest absolute Gasteiger partial charge is 0.310 e. The van der Waals surface area contributed by atoms with Crippen LogP contribution in [0.4, 0.5) is 5.69 Å². The van der Waals surface area contributed by atoms with Crippen LogP contribution >= 0.6 is 0 Å². The Hall–Kier alpha value is -2.96. The van der Waals surface area contributed by atoms with Gasteiger partial charge in [-0.05, 0) is 44.5 Å². The Labute approximate surface area is 133 Å². The van der Waals surface area contributed by atoms with Crippen molar-refractivity contribution in [2.24, 2.45) is 0 Å². The summed E-state index contributed by atoms with van der Waals surface area (Å²) in [6, 6.07) is 3.92. The highest BCUT2D eigenvalue weighted by atomic mass is 16.6. The van der Waals surface area contributed by atoms with E-state index in [1.54, 1.807) is 11.6 Å². The molecular weight excluding hydrogens is 298 g/mol. The van der Waals surface area contributed by atoms with Gasteiger partial charge < -0.3 is 5.11 Å². The molecule has 120 valence electrons. The molecule has 1 N–H and O–H groups in total. The molecule has 7 nitrogen and oxygen atoms in total. The topological polar surface area (TPSA) is 98.3 Å². The summed E-state index contributed by atoms with van der Waals surface area (Å²) in [5, 5.41) is 24.5. The van der Waals surface area contributed by atoms with E-state index in [0.717, 1.165) is 5.69 Å². The number of nitro benzene ring substituents is 1. The Balaban J connectivity index is 2.27. The molecule has 0 bridgehead atoms. The fraction of sp³-hybridized carbons (Fsp3) is 0.250. The number of benzene rings is 1. The van der Waals surface area contributed by atoms with E-state index in [-0.39, 0.29) is 11.5 Å². The van der Waals surface area contributed by atoms with Crippen LogP contribution < -0.4 is 0 Å². The van der Waals surface area contributed by atoms with E-state index in [4.69, 9.17) is 0 Å². The van der Waals surface area contributed by atoms with Crippen LogP contribution in [0.3, 0.4) is 0 Å². The average molecular weight is 315 g/mol. The van der Waals surface area contributed by atoms with Crippen LogP contribution in [-0.2, 0) is 6.54 Å². The molecule has 0 saturated heterocycles. The molecule has 0 unspecified atom stereocenters. The van der Waals surface area contributed by atoms with Crippen LogP contribution in [0.15, 0.2) is 24.3 Å². The molecule has 0 aliphatic carbocycles. The summed E-state index contributed by atoms with van der Waals surface area (Å²) in [6.07, 6.45) is 2.88. The molecule has 0 aliphatic heterocycles. The minimum Gasteiger partial charge on any atom is -0.502 e. The first-order valence-corrected chi connectivity index (χ1v) is 7.09. The van der Waals surface area contributed by atoms with Gasteiger partial charge >= 0.3 is 5.69 Å². The lowest BCUT2D eigenvalue weighted by molar-refractivity contribution is -0.385. The summed E-state index contributed by atoms with van der Waals surface area (Å²) in [5.74, 6) is -0.631. The number of ketones is 1. The molecule has 0 atom stereocenters. The van der Waals surface area contributed by atoms with Crippen LogP contribution in [0.2, 0.25) is 0 Å². The minimum atomic E-state index is -0.667. The monoisotopic (exact) mass is 315 g/mol. The normalized spacial score (nSPS) is 11.1. The van der Waals surface area contributed by atoms with Gasteiger partial charge in [-0.2, -0.15) is 5.10 Å². The Kier molecular flexibility index (Phi) is 4.59. The molecule has 0 amide bonds. The maximum atomic E-state index is 12.3. The van der Waals surface area contributed by atoms with Crippen molar-refractivity contribution in [2.45, 2.75) is 27.3 Å². The number of allylic oxidation sites excluding steroid dienone is 1. The molecule has 0 fully saturated rings. The first kappa shape index (κ1) is 16.4. The number of aromatic nitrogens is 2. The fourth-order valence-corrected chi connectivity index (χ4v) is 2.42. The van der Waals surface area contributed by atoms with Gasteiger partial charge in [-0.1, -0.05) is 6.08 Å². The third-order valence-electron chi connectivity index (χ3n) is 3.55. The number of nitrogens with zero attached hydrogens (tertiary/aromatic N) is 3. The molecule has 1 aromatic heterocycles. The number of hydrogen-bond donors (Lipinski definition) is 1. The molecule has 23 heavy (non-hydrogen) atoms. The van der Waals surface area contributed by atoms with Crippen molar-refractivity contribution in [1.82, 2.24) is 9.78 Å². The van der Waals surface area contributed by atoms with Crippen molar-refractivity contribution in [3.8, 4) is 5.75 Å². The maximum Gasteiger partial charge on any atom is 0.310 e. The average Bonchev–Trinajstić information content (AvgIpc) is 2.78. The van der Waals surface area contributed by atoms with Crippen LogP contribution in [0.25, 0.3) is 6.08 Å². The van der Waals surface area contributed by atoms with Gasteiger partial charge in [0.05, 0.1) is 16.2 Å². The Morgan fingerprint density at radius 1 is 1.43 bits per heavy atom. The van der Waals surface area contributed by atoms with E-state index < -0.39 is 10.7 Å². The second-order valence-corrected chi connectivity index (χ2v) is 5.06. The zero-order valence-electron chi connectivity index (χ0n) is 13.1. The second-order valence-electron chi connectivity index (χ2n) is 5.06. The van der Waals surface area contributed by atoms with E-state index in [1.165, 1.54) is 30.4 Å². The van der Waals surface area contributed by atoms with Crippen molar-refractivity contribution in [1.29, 1.82) is 0 Å². The van der Waals surface area contributed by atoms with Gasteiger partial charge in [-0.15, -0.1) is 0 Å². The molecule has 0 spiro atoms. The number of hydrogen-bond acceptors (Lipinski definition) is 5. The standard InChI is InChI=1S/C16H17N3O4/c1-4-18-11(3)16(10(2)17-18)14(20)8-6-12-5-7-13(19(22)23)15(21)9-12/h5-9,21H,4H2,1-3H3. The Morgan fingerprint density at radius 2 is 2.13 bits per heavy atom. The van der Waals surface area contributed by atoms with Crippen LogP contribution in [-0.4, -0.2) is 25.6 Å². The van der Waals surface area contributed by atoms with Gasteiger partial charge in [-0.25, -0.2) is 0 Å². The number of aryl methyl sites for hydroxylation is 2. The second kappa shape index (κ2) is 6.43. The first-order valence-electron chi connectivity index (χ1n) is 7.09. The van der Waals surface area contributed by atoms with Gasteiger partial charge in [0.2, 0.25) is 0 Å². The zero-order valence-corrected chi connectivity index (χ0v) is 13.1. The molecule has 1 heterocycles. The number of rotatable bonds is 5. The van der Waals surface area contributed by atoms with E-state index in [2.05, 4.69) is 5.10 Å². The summed E-state index contributed by atoms with van der Waals surface area (Å²) in [5.41, 5.74) is 2.13. The fourth-order valence-electron chi connectivity index (χ4n) is 2.42. The van der Waals surface area contributed by atoms with Crippen LogP contribution in [0, 0.1) is 24.0 Å². The predicted molar refractivity (Wildman–Crippen MR) is 85.5 cm³/mol. The maximum absolute atomic E-state index is 12.3. The number of phenolic OH excluding ortho intramolecular Hbond substituents is 1. The van der Waals surface area contributed by atoms with E-state index in [0.29, 0.717) is 23.4 Å². The largest absolute Gasteiger partial charge is 0.502 e. The Bertz CT molecular complexity index is 806. The lowest BCUT2D eigenvalue weighted by Gasteiger charge is -2.00. The number of aromatic hydroxyl groups is 1. The summed E-state index contributed by atoms with van der Waals surface area (Å²) in [4.78, 5) is 22.3. The quantitative estimate of drug-likeness (QED) is 0.396. The van der Waals surface area contributed by atoms with Crippen molar-refractivity contribution in [3.05, 3.63) is 56.9 Å². The van der Waals surface area contributed by atoms with Gasteiger partial charge in [-0.3, -0.25) is 19.6 Å². The van der Waals surface area contributed by atoms with Crippen molar-refractivity contribution in [3.63, 3.8) is 0 Å². The predicted octanol–water partition coefficient (Wildman–Crippen LogP) is 3.03. The first-order chi connectivity index (χ1) is 10.8. The van der Waals surface area contributed by atoms with Crippen molar-refractivity contribution in [2.75, 3.05) is 0 Å². The van der Waals surface area contributed by atoms with Crippen molar-refractivity contribution >= 4 is 17.5 Å². The number of carbonyl (C=O) groups excluding carboxylic acids is 1. The van der Waals surface area contributed by atoms with Gasteiger partial charge in [0, 0.05) is 18.3 Å². The highest BCUT2D eigenvalue weighted by Gasteiger charge is 2.16. The van der Waals surface area contributed by atoms with Gasteiger partial charge in [0.1, 0.15) is 0 Å². The molecule has 2 rings (SSSR count). The van der Waals surface area contributed by atoms with E-state index in [9.17, 15) is 20.0 Å². The van der Waals surface area contributed by atoms with E-state index in [1.807, 2.05) is 13.8 Å². The van der Waals surface area contributed by atoms with Crippen LogP contribution in [0.5, 0.6) is 5.75 Å². The Morgan fingerprint density at radius 3 is 2.65 bits per heavy atom. The number of phenols is 1. The molecule has 1 aromatic carbocycles. The molecule has 0 aliphatic rings. The molecular formula is C16H17N3O4.